The fraction of sp³-hybridized carbons (Fsp3) is 0. The number of fused-ring (bicyclic) bond motifs is 5. The van der Waals surface area contributed by atoms with Crippen LogP contribution in [0.4, 0.5) is 0 Å². The van der Waals surface area contributed by atoms with Gasteiger partial charge < -0.3 is 0 Å². The maximum Gasteiger partial charge on any atom is 0.179 e. The van der Waals surface area contributed by atoms with E-state index in [0.717, 1.165) is 16.8 Å². The van der Waals surface area contributed by atoms with Gasteiger partial charge in [0.2, 0.25) is 0 Å². The third kappa shape index (κ3) is 0.919. The fourth-order valence-corrected chi connectivity index (χ4v) is 3.04. The van der Waals surface area contributed by atoms with E-state index in [-0.39, 0.29) is 0 Å². The minimum Gasteiger partial charge on any atom is -0.244 e. The van der Waals surface area contributed by atoms with E-state index >= 15 is 0 Å². The van der Waals surface area contributed by atoms with Crippen LogP contribution in [0.5, 0.6) is 0 Å². The Hall–Kier alpha value is -1.94. The number of imidazole rings is 1. The summed E-state index contributed by atoms with van der Waals surface area (Å²) in [4.78, 5) is 8.84. The van der Waals surface area contributed by atoms with Gasteiger partial charge in [-0.05, 0) is 24.3 Å². The molecule has 0 saturated heterocycles. The van der Waals surface area contributed by atoms with E-state index in [1.54, 1.807) is 17.7 Å². The van der Waals surface area contributed by atoms with Gasteiger partial charge in [0.15, 0.2) is 11.3 Å². The minimum absolute atomic E-state index is 0.819. The SMILES string of the molecule is c1ccc2c(c1)sn1c3cccnc3nc21. The first kappa shape index (κ1) is 8.24. The standard InChI is InChI=1S/C12H7N3S/c1-2-6-10-8(4-1)12-14-11-9(15(12)16-10)5-3-7-13-11/h1-7H. The zero-order valence-electron chi connectivity index (χ0n) is 8.29. The van der Waals surface area contributed by atoms with Gasteiger partial charge in [0.25, 0.3) is 0 Å². The zero-order valence-corrected chi connectivity index (χ0v) is 9.11. The lowest BCUT2D eigenvalue weighted by Gasteiger charge is -1.86. The lowest BCUT2D eigenvalue weighted by Crippen LogP contribution is -1.74. The fourth-order valence-electron chi connectivity index (χ4n) is 1.98. The first-order chi connectivity index (χ1) is 7.93. The highest BCUT2D eigenvalue weighted by Gasteiger charge is 2.10. The summed E-state index contributed by atoms with van der Waals surface area (Å²) in [6.45, 7) is 0. The van der Waals surface area contributed by atoms with Crippen LogP contribution in [0.3, 0.4) is 0 Å². The molecule has 0 aliphatic carbocycles. The number of aromatic nitrogens is 3. The smallest absolute Gasteiger partial charge is 0.179 e. The van der Waals surface area contributed by atoms with E-state index in [4.69, 9.17) is 0 Å². The third-order valence-corrected chi connectivity index (χ3v) is 3.81. The molecular weight excluding hydrogens is 218 g/mol. The van der Waals surface area contributed by atoms with Crippen molar-refractivity contribution < 1.29 is 0 Å². The molecule has 0 bridgehead atoms. The van der Waals surface area contributed by atoms with Gasteiger partial charge in [0.05, 0.1) is 4.70 Å². The van der Waals surface area contributed by atoms with Crippen molar-refractivity contribution in [2.24, 2.45) is 0 Å². The molecule has 3 aromatic heterocycles. The molecule has 76 valence electrons. The normalized spacial score (nSPS) is 11.8. The molecule has 0 amide bonds. The predicted molar refractivity (Wildman–Crippen MR) is 65.9 cm³/mol. The quantitative estimate of drug-likeness (QED) is 0.460. The molecule has 0 atom stereocenters. The molecule has 0 aliphatic heterocycles. The number of hydrogen-bond acceptors (Lipinski definition) is 3. The maximum absolute atomic E-state index is 4.57. The Labute approximate surface area is 95.1 Å². The molecule has 3 heterocycles. The topological polar surface area (TPSA) is 30.2 Å². The molecule has 3 nitrogen and oxygen atoms in total. The van der Waals surface area contributed by atoms with Gasteiger partial charge in [-0.2, -0.15) is 0 Å². The summed E-state index contributed by atoms with van der Waals surface area (Å²) in [5, 5.41) is 1.20. The maximum atomic E-state index is 4.57. The van der Waals surface area contributed by atoms with Gasteiger partial charge >= 0.3 is 0 Å². The van der Waals surface area contributed by atoms with Crippen LogP contribution in [0.15, 0.2) is 42.6 Å². The van der Waals surface area contributed by atoms with Gasteiger partial charge in [-0.15, -0.1) is 0 Å². The van der Waals surface area contributed by atoms with E-state index in [2.05, 4.69) is 38.0 Å². The van der Waals surface area contributed by atoms with Crippen LogP contribution in [-0.4, -0.2) is 13.8 Å². The van der Waals surface area contributed by atoms with Crippen molar-refractivity contribution in [3.63, 3.8) is 0 Å². The molecular formula is C12H7N3S. The Morgan fingerprint density at radius 1 is 1.06 bits per heavy atom. The highest BCUT2D eigenvalue weighted by molar-refractivity contribution is 7.14. The number of pyridine rings is 1. The Balaban J connectivity index is 2.35. The van der Waals surface area contributed by atoms with Gasteiger partial charge in [-0.25, -0.2) is 13.8 Å². The van der Waals surface area contributed by atoms with Gasteiger partial charge in [-0.1, -0.05) is 23.7 Å². The summed E-state index contributed by atoms with van der Waals surface area (Å²) in [7, 11) is 0. The Morgan fingerprint density at radius 3 is 3.00 bits per heavy atom. The number of benzene rings is 1. The molecule has 0 spiro atoms. The summed E-state index contributed by atoms with van der Waals surface area (Å²) < 4.78 is 3.41. The zero-order chi connectivity index (χ0) is 10.5. The van der Waals surface area contributed by atoms with Crippen molar-refractivity contribution in [3.8, 4) is 0 Å². The average Bonchev–Trinajstić information content (AvgIpc) is 2.85. The van der Waals surface area contributed by atoms with Crippen LogP contribution < -0.4 is 0 Å². The van der Waals surface area contributed by atoms with Crippen LogP contribution in [0.1, 0.15) is 0 Å². The first-order valence-electron chi connectivity index (χ1n) is 5.05. The Kier molecular flexibility index (Phi) is 1.44. The monoisotopic (exact) mass is 225 g/mol. The van der Waals surface area contributed by atoms with Gasteiger partial charge in [0.1, 0.15) is 5.52 Å². The summed E-state index contributed by atoms with van der Waals surface area (Å²) in [6.07, 6.45) is 1.78. The summed E-state index contributed by atoms with van der Waals surface area (Å²) >= 11 is 1.71. The van der Waals surface area contributed by atoms with Crippen LogP contribution in [0.2, 0.25) is 0 Å². The van der Waals surface area contributed by atoms with E-state index in [9.17, 15) is 0 Å². The second-order valence-corrected chi connectivity index (χ2v) is 4.65. The van der Waals surface area contributed by atoms with Crippen LogP contribution in [0.25, 0.3) is 26.9 Å². The van der Waals surface area contributed by atoms with Crippen molar-refractivity contribution in [2.75, 3.05) is 0 Å². The number of hydrogen-bond donors (Lipinski definition) is 0. The number of rotatable bonds is 0. The van der Waals surface area contributed by atoms with Crippen LogP contribution in [-0.2, 0) is 0 Å². The summed E-state index contributed by atoms with van der Waals surface area (Å²) in [5.74, 6) is 0. The highest BCUT2D eigenvalue weighted by Crippen LogP contribution is 2.29. The van der Waals surface area contributed by atoms with Crippen molar-refractivity contribution in [2.45, 2.75) is 0 Å². The predicted octanol–water partition coefficient (Wildman–Crippen LogP) is 3.10. The van der Waals surface area contributed by atoms with Crippen LogP contribution in [0, 0.1) is 0 Å². The molecule has 16 heavy (non-hydrogen) atoms. The summed E-state index contributed by atoms with van der Waals surface area (Å²) in [6, 6.07) is 12.3. The van der Waals surface area contributed by atoms with E-state index in [1.165, 1.54) is 10.1 Å². The molecule has 0 unspecified atom stereocenters. The molecule has 0 N–H and O–H groups in total. The van der Waals surface area contributed by atoms with Crippen LogP contribution >= 0.6 is 11.5 Å². The highest BCUT2D eigenvalue weighted by atomic mass is 32.1. The molecule has 0 saturated carbocycles. The van der Waals surface area contributed by atoms with E-state index in [0.29, 0.717) is 0 Å². The second kappa shape index (κ2) is 2.80. The van der Waals surface area contributed by atoms with Crippen molar-refractivity contribution in [1.82, 2.24) is 13.8 Å². The first-order valence-corrected chi connectivity index (χ1v) is 5.82. The Morgan fingerprint density at radius 2 is 2.00 bits per heavy atom. The summed E-state index contributed by atoms with van der Waals surface area (Å²) in [5.41, 5.74) is 2.91. The van der Waals surface area contributed by atoms with Gasteiger partial charge in [-0.3, -0.25) is 0 Å². The van der Waals surface area contributed by atoms with Crippen molar-refractivity contribution in [3.05, 3.63) is 42.6 Å². The average molecular weight is 225 g/mol. The van der Waals surface area contributed by atoms with Crippen molar-refractivity contribution in [1.29, 1.82) is 0 Å². The molecule has 4 aromatic rings. The Bertz CT molecular complexity index is 743. The van der Waals surface area contributed by atoms with Crippen molar-refractivity contribution >= 4 is 38.4 Å². The second-order valence-electron chi connectivity index (χ2n) is 3.66. The molecule has 0 radical (unpaired) electrons. The minimum atomic E-state index is 0.819. The number of nitrogens with zero attached hydrogens (tertiary/aromatic N) is 3. The molecule has 0 fully saturated rings. The lowest BCUT2D eigenvalue weighted by atomic mass is 10.3. The largest absolute Gasteiger partial charge is 0.244 e. The van der Waals surface area contributed by atoms with E-state index < -0.39 is 0 Å². The molecule has 1 aromatic carbocycles. The van der Waals surface area contributed by atoms with Gasteiger partial charge in [0, 0.05) is 11.6 Å². The van der Waals surface area contributed by atoms with E-state index in [1.807, 2.05) is 12.1 Å². The molecule has 4 heteroatoms. The molecule has 0 aliphatic rings. The lowest BCUT2D eigenvalue weighted by molar-refractivity contribution is 1.35. The third-order valence-electron chi connectivity index (χ3n) is 2.71. The molecule has 4 rings (SSSR count).